The van der Waals surface area contributed by atoms with Gasteiger partial charge >= 0.3 is 0 Å². The fourth-order valence-electron chi connectivity index (χ4n) is 4.53. The van der Waals surface area contributed by atoms with Crippen molar-refractivity contribution >= 4 is 35.1 Å². The summed E-state index contributed by atoms with van der Waals surface area (Å²) in [5, 5.41) is 9.85. The van der Waals surface area contributed by atoms with Gasteiger partial charge in [-0.15, -0.1) is 10.2 Å². The van der Waals surface area contributed by atoms with Gasteiger partial charge in [0.15, 0.2) is 0 Å². The maximum absolute atomic E-state index is 6.67. The van der Waals surface area contributed by atoms with Crippen LogP contribution in [0.15, 0.2) is 52.6 Å². The van der Waals surface area contributed by atoms with Gasteiger partial charge in [-0.2, -0.15) is 0 Å². The number of nitrogen functional groups attached to an aromatic ring is 1. The smallest absolute Gasteiger partial charge is 0.245 e. The first kappa shape index (κ1) is 19.5. The maximum atomic E-state index is 6.67. The molecule has 3 aromatic rings. The number of nitrogens with zero attached hydrogens (tertiary/aromatic N) is 5. The average molecular weight is 440 g/mol. The van der Waals surface area contributed by atoms with E-state index in [2.05, 4.69) is 49.3 Å². The molecule has 1 aliphatic carbocycles. The van der Waals surface area contributed by atoms with E-state index in [9.17, 15) is 0 Å². The van der Waals surface area contributed by atoms with E-state index in [4.69, 9.17) is 23.1 Å². The first-order chi connectivity index (χ1) is 14.5. The van der Waals surface area contributed by atoms with Crippen molar-refractivity contribution in [3.63, 3.8) is 0 Å². The van der Waals surface area contributed by atoms with E-state index in [-0.39, 0.29) is 11.5 Å². The Hall–Kier alpha value is -2.42. The Bertz CT molecular complexity index is 1070. The molecule has 1 spiro atoms. The lowest BCUT2D eigenvalue weighted by Gasteiger charge is -2.42. The number of anilines is 2. The van der Waals surface area contributed by atoms with Crippen LogP contribution < -0.4 is 16.4 Å². The Labute approximate surface area is 184 Å². The van der Waals surface area contributed by atoms with Crippen molar-refractivity contribution in [1.29, 1.82) is 0 Å². The third-order valence-corrected chi connectivity index (χ3v) is 7.59. The molecule has 0 amide bonds. The van der Waals surface area contributed by atoms with Crippen LogP contribution in [0.2, 0.25) is 5.02 Å². The summed E-state index contributed by atoms with van der Waals surface area (Å²) in [5.74, 6) is 1.06. The van der Waals surface area contributed by atoms with Crippen molar-refractivity contribution in [2.45, 2.75) is 35.2 Å². The summed E-state index contributed by atoms with van der Waals surface area (Å²) in [6.45, 7) is 1.76. The minimum Gasteiger partial charge on any atom is -0.384 e. The second-order valence-corrected chi connectivity index (χ2v) is 9.41. The lowest BCUT2D eigenvalue weighted by atomic mass is 9.73. The number of pyridine rings is 1. The number of rotatable bonds is 3. The largest absolute Gasteiger partial charge is 0.384 e. The number of nitrogens with two attached hydrogens (primary N) is 2. The van der Waals surface area contributed by atoms with Gasteiger partial charge in [0.1, 0.15) is 10.8 Å². The molecule has 0 saturated carbocycles. The average Bonchev–Trinajstić information content (AvgIpc) is 3.03. The molecule has 0 radical (unpaired) electrons. The number of piperidine rings is 1. The minimum atomic E-state index is 0.103. The molecular formula is C21H22ClN7S. The number of halogens is 1. The first-order valence-corrected chi connectivity index (χ1v) is 11.1. The maximum Gasteiger partial charge on any atom is 0.245 e. The van der Waals surface area contributed by atoms with Gasteiger partial charge in [0, 0.05) is 30.2 Å². The van der Waals surface area contributed by atoms with Crippen LogP contribution in [0, 0.1) is 5.41 Å². The quantitative estimate of drug-likeness (QED) is 0.638. The summed E-state index contributed by atoms with van der Waals surface area (Å²) in [6.07, 6.45) is 6.36. The van der Waals surface area contributed by atoms with Crippen LogP contribution in [-0.4, -0.2) is 33.3 Å². The standard InChI is InChI=1S/C21H22ClN7S/c22-15-11-25-17(23)9-16(15)30-18-12-26-20(28-27-18)29-7-5-21(6-8-29)10-13-3-1-2-4-14(13)19(21)24/h1-4,9,11-12,19H,5-8,10,24H2,(H2,23,25)/t19-/m1/s1. The van der Waals surface area contributed by atoms with Crippen molar-refractivity contribution < 1.29 is 0 Å². The van der Waals surface area contributed by atoms with E-state index < -0.39 is 0 Å². The fraction of sp³-hybridized carbons (Fsp3) is 0.333. The molecule has 7 nitrogen and oxygen atoms in total. The SMILES string of the molecule is Nc1cc(Sc2cnc(N3CCC4(CC3)Cc3ccccc3[C@H]4N)nn2)c(Cl)cn1. The molecular weight excluding hydrogens is 418 g/mol. The second-order valence-electron chi connectivity index (χ2n) is 7.94. The molecule has 2 aromatic heterocycles. The van der Waals surface area contributed by atoms with E-state index >= 15 is 0 Å². The first-order valence-electron chi connectivity index (χ1n) is 9.91. The molecule has 5 rings (SSSR count). The molecule has 0 bridgehead atoms. The van der Waals surface area contributed by atoms with Crippen molar-refractivity contribution in [1.82, 2.24) is 20.2 Å². The van der Waals surface area contributed by atoms with Crippen molar-refractivity contribution in [2.75, 3.05) is 23.7 Å². The molecule has 4 N–H and O–H groups in total. The molecule has 1 saturated heterocycles. The van der Waals surface area contributed by atoms with E-state index in [0.29, 0.717) is 21.8 Å². The highest BCUT2D eigenvalue weighted by Crippen LogP contribution is 2.50. The van der Waals surface area contributed by atoms with Crippen LogP contribution in [0.25, 0.3) is 0 Å². The zero-order valence-corrected chi connectivity index (χ0v) is 17.9. The molecule has 0 unspecified atom stereocenters. The molecule has 1 atom stereocenters. The van der Waals surface area contributed by atoms with E-state index in [0.717, 1.165) is 37.2 Å². The highest BCUT2D eigenvalue weighted by Gasteiger charge is 2.46. The lowest BCUT2D eigenvalue weighted by molar-refractivity contribution is 0.186. The number of aromatic nitrogens is 4. The van der Waals surface area contributed by atoms with Gasteiger partial charge in [-0.05, 0) is 41.9 Å². The topological polar surface area (TPSA) is 107 Å². The van der Waals surface area contributed by atoms with Gasteiger partial charge in [-0.3, -0.25) is 0 Å². The van der Waals surface area contributed by atoms with Crippen LogP contribution in [0.5, 0.6) is 0 Å². The van der Waals surface area contributed by atoms with Crippen molar-refractivity contribution in [3.05, 3.63) is 58.9 Å². The van der Waals surface area contributed by atoms with Crippen molar-refractivity contribution in [2.24, 2.45) is 11.1 Å². The third-order valence-electron chi connectivity index (χ3n) is 6.22. The Balaban J connectivity index is 1.25. The van der Waals surface area contributed by atoms with Gasteiger partial charge in [0.05, 0.1) is 11.2 Å². The molecule has 3 heterocycles. The molecule has 9 heteroatoms. The van der Waals surface area contributed by atoms with Crippen LogP contribution in [0.4, 0.5) is 11.8 Å². The monoisotopic (exact) mass is 439 g/mol. The van der Waals surface area contributed by atoms with Gasteiger partial charge in [-0.25, -0.2) is 9.97 Å². The summed E-state index contributed by atoms with van der Waals surface area (Å²) in [6, 6.07) is 10.4. The van der Waals surface area contributed by atoms with Gasteiger partial charge in [0.2, 0.25) is 5.95 Å². The van der Waals surface area contributed by atoms with Crippen molar-refractivity contribution in [3.8, 4) is 0 Å². The van der Waals surface area contributed by atoms with Crippen LogP contribution >= 0.6 is 23.4 Å². The summed E-state index contributed by atoms with van der Waals surface area (Å²) >= 11 is 7.55. The summed E-state index contributed by atoms with van der Waals surface area (Å²) < 4.78 is 0. The predicted octanol–water partition coefficient (Wildman–Crippen LogP) is 3.50. The van der Waals surface area contributed by atoms with Gasteiger partial charge in [0.25, 0.3) is 0 Å². The zero-order valence-electron chi connectivity index (χ0n) is 16.3. The van der Waals surface area contributed by atoms with E-state index in [1.807, 2.05) is 0 Å². The minimum absolute atomic E-state index is 0.103. The van der Waals surface area contributed by atoms with Gasteiger partial charge < -0.3 is 16.4 Å². The Kier molecular flexibility index (Phi) is 5.00. The normalized spacial score (nSPS) is 19.8. The van der Waals surface area contributed by atoms with Crippen LogP contribution in [0.3, 0.4) is 0 Å². The van der Waals surface area contributed by atoms with Crippen LogP contribution in [-0.2, 0) is 6.42 Å². The Morgan fingerprint density at radius 1 is 1.10 bits per heavy atom. The predicted molar refractivity (Wildman–Crippen MR) is 119 cm³/mol. The number of hydrogen-bond donors (Lipinski definition) is 2. The number of hydrogen-bond acceptors (Lipinski definition) is 8. The Morgan fingerprint density at radius 3 is 2.63 bits per heavy atom. The summed E-state index contributed by atoms with van der Waals surface area (Å²) in [5.41, 5.74) is 15.2. The highest BCUT2D eigenvalue weighted by atomic mass is 35.5. The molecule has 1 fully saturated rings. The van der Waals surface area contributed by atoms with Crippen LogP contribution in [0.1, 0.15) is 30.0 Å². The molecule has 1 aliphatic heterocycles. The number of benzene rings is 1. The zero-order chi connectivity index (χ0) is 20.7. The van der Waals surface area contributed by atoms with E-state index in [1.165, 1.54) is 29.1 Å². The molecule has 2 aliphatic rings. The third kappa shape index (κ3) is 3.49. The lowest BCUT2D eigenvalue weighted by Crippen LogP contribution is -2.45. The van der Waals surface area contributed by atoms with E-state index in [1.54, 1.807) is 12.3 Å². The second kappa shape index (κ2) is 7.68. The molecule has 154 valence electrons. The number of fused-ring (bicyclic) bond motifs is 1. The summed E-state index contributed by atoms with van der Waals surface area (Å²) in [4.78, 5) is 11.5. The van der Waals surface area contributed by atoms with Gasteiger partial charge in [-0.1, -0.05) is 47.6 Å². The Morgan fingerprint density at radius 2 is 1.90 bits per heavy atom. The fourth-order valence-corrected chi connectivity index (χ4v) is 5.50. The molecule has 30 heavy (non-hydrogen) atoms. The summed E-state index contributed by atoms with van der Waals surface area (Å²) in [7, 11) is 0. The molecule has 1 aromatic carbocycles. The highest BCUT2D eigenvalue weighted by molar-refractivity contribution is 7.99.